The second-order valence-corrected chi connectivity index (χ2v) is 5.05. The van der Waals surface area contributed by atoms with Crippen molar-refractivity contribution in [3.63, 3.8) is 0 Å². The number of hydrogen-bond donors (Lipinski definition) is 1. The van der Waals surface area contributed by atoms with Gasteiger partial charge in [0, 0.05) is 0 Å². The van der Waals surface area contributed by atoms with Gasteiger partial charge in [-0.1, -0.05) is 11.6 Å². The molecule has 1 aliphatic rings. The highest BCUT2D eigenvalue weighted by atomic mass is 35.5. The molecule has 9 heteroatoms. The molecule has 0 amide bonds. The molecule has 0 bridgehead atoms. The fourth-order valence-electron chi connectivity index (χ4n) is 2.23. The predicted octanol–water partition coefficient (Wildman–Crippen LogP) is 2.56. The number of aromatic nitrogens is 1. The number of rotatable bonds is 2. The number of benzene rings is 1. The largest absolute Gasteiger partial charge is 0.511 e. The van der Waals surface area contributed by atoms with E-state index in [-0.39, 0.29) is 30.2 Å². The van der Waals surface area contributed by atoms with Crippen molar-refractivity contribution in [2.45, 2.75) is 6.04 Å². The van der Waals surface area contributed by atoms with Crippen molar-refractivity contribution in [3.05, 3.63) is 39.1 Å². The summed E-state index contributed by atoms with van der Waals surface area (Å²) in [5, 5.41) is 7.84. The van der Waals surface area contributed by atoms with Gasteiger partial charge in [-0.2, -0.15) is 0 Å². The zero-order valence-corrected chi connectivity index (χ0v) is 11.6. The molecular weight excluding hydrogens is 324 g/mol. The second kappa shape index (κ2) is 5.22. The number of hydrogen-bond acceptors (Lipinski definition) is 4. The fraction of sp³-hybridized carbons (Fsp3) is 0.231. The number of ether oxygens (including phenoxy) is 2. The lowest BCUT2D eigenvalue weighted by molar-refractivity contribution is -0.0218. The first-order valence-corrected chi connectivity index (χ1v) is 6.48. The molecule has 2 aromatic rings. The summed E-state index contributed by atoms with van der Waals surface area (Å²) < 4.78 is 38.0. The van der Waals surface area contributed by atoms with E-state index < -0.39 is 34.0 Å². The first-order chi connectivity index (χ1) is 10.4. The first kappa shape index (κ1) is 14.7. The Morgan fingerprint density at radius 3 is 2.68 bits per heavy atom. The van der Waals surface area contributed by atoms with Crippen molar-refractivity contribution in [1.82, 2.24) is 4.57 Å². The summed E-state index contributed by atoms with van der Waals surface area (Å²) in [6.45, 7) is 0.527. The van der Waals surface area contributed by atoms with Crippen molar-refractivity contribution >= 4 is 28.7 Å². The summed E-state index contributed by atoms with van der Waals surface area (Å²) in [7, 11) is 0. The molecule has 3 rings (SSSR count). The fourth-order valence-corrected chi connectivity index (χ4v) is 2.52. The maximum absolute atomic E-state index is 13.7. The lowest BCUT2D eigenvalue weighted by Crippen LogP contribution is -2.32. The number of pyridine rings is 1. The van der Waals surface area contributed by atoms with Crippen molar-refractivity contribution < 1.29 is 28.2 Å². The highest BCUT2D eigenvalue weighted by Gasteiger charge is 2.27. The van der Waals surface area contributed by atoms with Gasteiger partial charge < -0.3 is 19.1 Å². The molecular formula is C13H8ClF2NO5. The number of nitrogens with zero attached hydrogens (tertiary/aromatic N) is 1. The monoisotopic (exact) mass is 331 g/mol. The topological polar surface area (TPSA) is 77.8 Å². The van der Waals surface area contributed by atoms with E-state index in [2.05, 4.69) is 4.74 Å². The molecule has 1 aromatic heterocycles. The molecule has 0 atom stereocenters. The Hall–Kier alpha value is -2.19. The normalized spacial score (nSPS) is 14.9. The maximum atomic E-state index is 13.7. The molecule has 1 saturated heterocycles. The molecule has 0 unspecified atom stereocenters. The Bertz CT molecular complexity index is 847. The van der Waals surface area contributed by atoms with E-state index in [1.807, 2.05) is 0 Å². The summed E-state index contributed by atoms with van der Waals surface area (Å²) in [4.78, 5) is 22.8. The van der Waals surface area contributed by atoms with Crippen LogP contribution >= 0.6 is 11.6 Å². The summed E-state index contributed by atoms with van der Waals surface area (Å²) >= 11 is 5.82. The second-order valence-electron chi connectivity index (χ2n) is 4.67. The molecule has 2 heterocycles. The average Bonchev–Trinajstić information content (AvgIpc) is 2.38. The van der Waals surface area contributed by atoms with Crippen molar-refractivity contribution in [3.8, 4) is 5.75 Å². The van der Waals surface area contributed by atoms with E-state index in [0.717, 1.165) is 6.20 Å². The molecule has 1 aromatic carbocycles. The summed E-state index contributed by atoms with van der Waals surface area (Å²) in [6.07, 6.45) is -0.587. The van der Waals surface area contributed by atoms with Gasteiger partial charge in [0.2, 0.25) is 5.43 Å². The lowest BCUT2D eigenvalue weighted by atomic mass is 10.1. The van der Waals surface area contributed by atoms with E-state index in [9.17, 15) is 18.4 Å². The molecule has 1 aliphatic heterocycles. The number of carbonyl (C=O) groups is 1. The number of carboxylic acid groups (broad SMARTS) is 1. The van der Waals surface area contributed by atoms with Crippen LogP contribution in [0.1, 0.15) is 6.04 Å². The third kappa shape index (κ3) is 2.20. The van der Waals surface area contributed by atoms with Crippen LogP contribution in [0.2, 0.25) is 5.02 Å². The quantitative estimate of drug-likeness (QED) is 0.676. The van der Waals surface area contributed by atoms with Crippen LogP contribution in [-0.2, 0) is 4.74 Å². The average molecular weight is 332 g/mol. The minimum absolute atomic E-state index is 0.0309. The van der Waals surface area contributed by atoms with Gasteiger partial charge in [0.25, 0.3) is 0 Å². The maximum Gasteiger partial charge on any atom is 0.511 e. The van der Waals surface area contributed by atoms with Gasteiger partial charge in [0.15, 0.2) is 17.4 Å². The van der Waals surface area contributed by atoms with Crippen LogP contribution < -0.4 is 10.2 Å². The van der Waals surface area contributed by atoms with Gasteiger partial charge in [-0.05, 0) is 6.07 Å². The molecule has 0 saturated carbocycles. The Kier molecular flexibility index (Phi) is 3.50. The van der Waals surface area contributed by atoms with E-state index in [0.29, 0.717) is 6.07 Å². The van der Waals surface area contributed by atoms with Gasteiger partial charge in [0.1, 0.15) is 5.02 Å². The molecule has 6 nitrogen and oxygen atoms in total. The van der Waals surface area contributed by atoms with Crippen LogP contribution in [0.25, 0.3) is 10.9 Å². The minimum Gasteiger partial charge on any atom is -0.449 e. The Morgan fingerprint density at radius 2 is 2.14 bits per heavy atom. The van der Waals surface area contributed by atoms with E-state index >= 15 is 0 Å². The molecule has 22 heavy (non-hydrogen) atoms. The van der Waals surface area contributed by atoms with E-state index in [4.69, 9.17) is 21.4 Å². The first-order valence-electron chi connectivity index (χ1n) is 6.11. The Balaban J connectivity index is 2.38. The molecule has 116 valence electrons. The van der Waals surface area contributed by atoms with Crippen LogP contribution in [0.5, 0.6) is 5.75 Å². The number of halogens is 3. The van der Waals surface area contributed by atoms with Gasteiger partial charge in [-0.25, -0.2) is 13.6 Å². The highest BCUT2D eigenvalue weighted by Crippen LogP contribution is 2.32. The highest BCUT2D eigenvalue weighted by molar-refractivity contribution is 6.35. The smallest absolute Gasteiger partial charge is 0.449 e. The zero-order chi connectivity index (χ0) is 16.0. The van der Waals surface area contributed by atoms with Crippen molar-refractivity contribution in [1.29, 1.82) is 0 Å². The third-order valence-electron chi connectivity index (χ3n) is 3.33. The third-order valence-corrected chi connectivity index (χ3v) is 3.68. The van der Waals surface area contributed by atoms with Crippen LogP contribution in [0, 0.1) is 11.6 Å². The van der Waals surface area contributed by atoms with Crippen LogP contribution in [0.4, 0.5) is 13.6 Å². The molecule has 1 fully saturated rings. The molecule has 0 radical (unpaired) electrons. The standard InChI is InChI=1S/C13H8ClF2NO5/c14-9-10(16)7(15)1-6-11(9)17(5-3-21-4-5)2-8(12(6)18)22-13(19)20/h1-2,5H,3-4H2,(H,19,20). The summed E-state index contributed by atoms with van der Waals surface area (Å²) in [5.41, 5.74) is -0.925. The predicted molar refractivity (Wildman–Crippen MR) is 71.6 cm³/mol. The number of fused-ring (bicyclic) bond motifs is 1. The van der Waals surface area contributed by atoms with Crippen LogP contribution in [-0.4, -0.2) is 29.0 Å². The zero-order valence-electron chi connectivity index (χ0n) is 10.8. The molecule has 0 spiro atoms. The van der Waals surface area contributed by atoms with Crippen molar-refractivity contribution in [2.24, 2.45) is 0 Å². The summed E-state index contributed by atoms with van der Waals surface area (Å²) in [5.74, 6) is -3.11. The lowest BCUT2D eigenvalue weighted by Gasteiger charge is -2.30. The van der Waals surface area contributed by atoms with E-state index in [1.54, 1.807) is 0 Å². The van der Waals surface area contributed by atoms with Gasteiger partial charge in [-0.15, -0.1) is 0 Å². The van der Waals surface area contributed by atoms with Gasteiger partial charge in [0.05, 0.1) is 36.4 Å². The molecule has 1 N–H and O–H groups in total. The molecule has 0 aliphatic carbocycles. The SMILES string of the molecule is O=C(O)Oc1cn(C2COC2)c2c(Cl)c(F)c(F)cc2c1=O. The van der Waals surface area contributed by atoms with Crippen molar-refractivity contribution in [2.75, 3.05) is 13.2 Å². The van der Waals surface area contributed by atoms with Gasteiger partial charge >= 0.3 is 6.16 Å². The minimum atomic E-state index is -1.69. The van der Waals surface area contributed by atoms with Crippen LogP contribution in [0.3, 0.4) is 0 Å². The van der Waals surface area contributed by atoms with E-state index in [1.165, 1.54) is 4.57 Å². The van der Waals surface area contributed by atoms with Crippen LogP contribution in [0.15, 0.2) is 17.1 Å². The Labute approximate surface area is 126 Å². The van der Waals surface area contributed by atoms with Gasteiger partial charge in [-0.3, -0.25) is 4.79 Å². The summed E-state index contributed by atoms with van der Waals surface area (Å²) in [6, 6.07) is 0.380. The Morgan fingerprint density at radius 1 is 1.45 bits per heavy atom.